The van der Waals surface area contributed by atoms with Crippen LogP contribution in [0.3, 0.4) is 0 Å². The van der Waals surface area contributed by atoms with Crippen molar-refractivity contribution < 1.29 is 10.0 Å². The van der Waals surface area contributed by atoms with E-state index in [1.807, 2.05) is 12.1 Å². The molecule has 1 N–H and O–H groups in total. The third-order valence-corrected chi connectivity index (χ3v) is 3.41. The molecule has 2 aromatic rings. The van der Waals surface area contributed by atoms with Gasteiger partial charge in [-0.15, -0.1) is 0 Å². The Bertz CT molecular complexity index is 875. The lowest BCUT2D eigenvalue weighted by atomic mass is 10.0. The van der Waals surface area contributed by atoms with Crippen LogP contribution < -0.4 is 0 Å². The van der Waals surface area contributed by atoms with E-state index in [9.17, 15) is 15.2 Å². The average Bonchev–Trinajstić information content (AvgIpc) is 2.57. The van der Waals surface area contributed by atoms with Crippen LogP contribution in [0.5, 0.6) is 0 Å². The number of nitriles is 1. The highest BCUT2D eigenvalue weighted by Crippen LogP contribution is 2.23. The maximum absolute atomic E-state index is 10.6. The number of aliphatic hydroxyl groups excluding tert-OH is 1. The molecular weight excluding hydrogens is 292 g/mol. The van der Waals surface area contributed by atoms with E-state index in [2.05, 4.69) is 19.2 Å². The predicted molar refractivity (Wildman–Crippen MR) is 88.0 cm³/mol. The highest BCUT2D eigenvalue weighted by molar-refractivity contribution is 5.84. The first kappa shape index (κ1) is 16.1. The molecule has 5 heteroatoms. The van der Waals surface area contributed by atoms with Gasteiger partial charge in [0.25, 0.3) is 5.70 Å². The lowest BCUT2D eigenvalue weighted by molar-refractivity contribution is -0.419. The normalized spacial score (nSPS) is 12.0. The summed E-state index contributed by atoms with van der Waals surface area (Å²) in [6.07, 6.45) is 1.83. The molecule has 0 spiro atoms. The number of fused-ring (bicyclic) bond motifs is 1. The Labute approximate surface area is 133 Å². The molecule has 2 rings (SSSR count). The van der Waals surface area contributed by atoms with E-state index in [-0.39, 0.29) is 11.3 Å². The minimum Gasteiger partial charge on any atom is -0.384 e. The van der Waals surface area contributed by atoms with E-state index in [1.54, 1.807) is 24.3 Å². The van der Waals surface area contributed by atoms with Crippen molar-refractivity contribution in [3.05, 3.63) is 94.2 Å². The van der Waals surface area contributed by atoms with Crippen molar-refractivity contribution in [3.8, 4) is 6.07 Å². The van der Waals surface area contributed by atoms with E-state index < -0.39 is 11.0 Å². The summed E-state index contributed by atoms with van der Waals surface area (Å²) in [5, 5.41) is 31.5. The second-order valence-electron chi connectivity index (χ2n) is 4.97. The molecule has 5 nitrogen and oxygen atoms in total. The zero-order chi connectivity index (χ0) is 17.0. The molecule has 0 aromatic heterocycles. The van der Waals surface area contributed by atoms with Crippen LogP contribution in [-0.4, -0.2) is 10.0 Å². The summed E-state index contributed by atoms with van der Waals surface area (Å²) in [6.45, 7) is 6.84. The molecule has 0 heterocycles. The molecule has 114 valence electrons. The van der Waals surface area contributed by atoms with Gasteiger partial charge in [0.15, 0.2) is 0 Å². The second-order valence-corrected chi connectivity index (χ2v) is 4.97. The Balaban J connectivity index is 2.25. The van der Waals surface area contributed by atoms with Gasteiger partial charge in [-0.1, -0.05) is 30.9 Å². The third kappa shape index (κ3) is 3.70. The largest absolute Gasteiger partial charge is 0.384 e. The molecule has 0 aliphatic carbocycles. The Morgan fingerprint density at radius 2 is 1.96 bits per heavy atom. The van der Waals surface area contributed by atoms with Crippen molar-refractivity contribution in [2.75, 3.05) is 0 Å². The zero-order valence-corrected chi connectivity index (χ0v) is 12.3. The lowest BCUT2D eigenvalue weighted by Crippen LogP contribution is -1.99. The van der Waals surface area contributed by atoms with E-state index in [1.165, 1.54) is 12.2 Å². The van der Waals surface area contributed by atoms with Crippen molar-refractivity contribution in [1.82, 2.24) is 0 Å². The number of aliphatic hydroxyl groups is 1. The molecule has 0 bridgehead atoms. The maximum Gasteiger partial charge on any atom is 0.268 e. The molecule has 1 unspecified atom stereocenters. The highest BCUT2D eigenvalue weighted by Gasteiger charge is 2.10. The fraction of sp³-hybridized carbons (Fsp3) is 0.0556. The smallest absolute Gasteiger partial charge is 0.268 e. The van der Waals surface area contributed by atoms with E-state index in [0.717, 1.165) is 10.8 Å². The van der Waals surface area contributed by atoms with E-state index >= 15 is 0 Å². The van der Waals surface area contributed by atoms with Crippen molar-refractivity contribution in [1.29, 1.82) is 5.26 Å². The van der Waals surface area contributed by atoms with Crippen LogP contribution in [0.4, 0.5) is 0 Å². The van der Waals surface area contributed by atoms with Gasteiger partial charge in [0.2, 0.25) is 0 Å². The van der Waals surface area contributed by atoms with Crippen LogP contribution in [-0.2, 0) is 0 Å². The average molecular weight is 306 g/mol. The van der Waals surface area contributed by atoms with Gasteiger partial charge in [0.05, 0.1) is 22.7 Å². The minimum atomic E-state index is -0.943. The van der Waals surface area contributed by atoms with Gasteiger partial charge >= 0.3 is 0 Å². The van der Waals surface area contributed by atoms with Crippen LogP contribution in [0.2, 0.25) is 0 Å². The van der Waals surface area contributed by atoms with Crippen LogP contribution >= 0.6 is 0 Å². The van der Waals surface area contributed by atoms with Crippen molar-refractivity contribution >= 4 is 10.8 Å². The summed E-state index contributed by atoms with van der Waals surface area (Å²) in [4.78, 5) is 9.96. The molecule has 23 heavy (non-hydrogen) atoms. The summed E-state index contributed by atoms with van der Waals surface area (Å²) < 4.78 is 0. The summed E-state index contributed by atoms with van der Waals surface area (Å²) >= 11 is 0. The molecular formula is C18H14N2O3. The molecule has 0 saturated carbocycles. The molecule has 0 radical (unpaired) electrons. The van der Waals surface area contributed by atoms with Gasteiger partial charge in [-0.25, -0.2) is 0 Å². The molecule has 0 saturated heterocycles. The van der Waals surface area contributed by atoms with Crippen LogP contribution in [0, 0.1) is 21.4 Å². The minimum absolute atomic E-state index is 0.126. The summed E-state index contributed by atoms with van der Waals surface area (Å²) in [7, 11) is 0. The van der Waals surface area contributed by atoms with Gasteiger partial charge in [0.1, 0.15) is 0 Å². The van der Waals surface area contributed by atoms with Crippen molar-refractivity contribution in [2.45, 2.75) is 6.10 Å². The Kier molecular flexibility index (Phi) is 4.69. The maximum atomic E-state index is 10.6. The van der Waals surface area contributed by atoms with Crippen LogP contribution in [0.25, 0.3) is 10.8 Å². The number of rotatable bonds is 5. The first-order valence-corrected chi connectivity index (χ1v) is 6.75. The SMILES string of the molecule is C=C(/C=C/C(O)c1ccc2ccc(C#N)cc2c1)C(=C)[N+](=O)[O-]. The van der Waals surface area contributed by atoms with Crippen LogP contribution in [0.15, 0.2) is 73.0 Å². The number of nitrogens with zero attached hydrogens (tertiary/aromatic N) is 2. The number of hydrogen-bond donors (Lipinski definition) is 1. The van der Waals surface area contributed by atoms with Gasteiger partial charge < -0.3 is 5.11 Å². The summed E-state index contributed by atoms with van der Waals surface area (Å²) in [6, 6.07) is 12.7. The second kappa shape index (κ2) is 6.69. The Hall–Kier alpha value is -3.23. The third-order valence-electron chi connectivity index (χ3n) is 3.41. The Morgan fingerprint density at radius 1 is 1.26 bits per heavy atom. The number of nitro groups is 1. The molecule has 0 aliphatic rings. The van der Waals surface area contributed by atoms with Gasteiger partial charge in [-0.3, -0.25) is 10.1 Å². The fourth-order valence-electron chi connectivity index (χ4n) is 2.05. The van der Waals surface area contributed by atoms with Gasteiger partial charge in [-0.2, -0.15) is 5.26 Å². The predicted octanol–water partition coefficient (Wildman–Crippen LogP) is 3.65. The van der Waals surface area contributed by atoms with Crippen molar-refractivity contribution in [3.63, 3.8) is 0 Å². The first-order valence-electron chi connectivity index (χ1n) is 6.75. The standard InChI is InChI=1S/C18H14N2O3/c1-12(13(2)20(22)23)3-8-18(21)16-7-6-15-5-4-14(11-19)9-17(15)10-16/h3-10,18,21H,1-2H2/b8-3+. The molecule has 0 fully saturated rings. The summed E-state index contributed by atoms with van der Waals surface area (Å²) in [5.74, 6) is 0. The molecule has 0 amide bonds. The summed E-state index contributed by atoms with van der Waals surface area (Å²) in [5.41, 5.74) is 0.964. The van der Waals surface area contributed by atoms with Gasteiger partial charge in [-0.05, 0) is 47.2 Å². The molecule has 1 atom stereocenters. The lowest BCUT2D eigenvalue weighted by Gasteiger charge is -2.08. The Morgan fingerprint density at radius 3 is 2.61 bits per heavy atom. The van der Waals surface area contributed by atoms with Crippen molar-refractivity contribution in [2.24, 2.45) is 0 Å². The monoisotopic (exact) mass is 306 g/mol. The van der Waals surface area contributed by atoms with Crippen LogP contribution in [0.1, 0.15) is 17.2 Å². The first-order chi connectivity index (χ1) is 10.9. The fourth-order valence-corrected chi connectivity index (χ4v) is 2.05. The zero-order valence-electron chi connectivity index (χ0n) is 12.3. The topological polar surface area (TPSA) is 87.2 Å². The number of benzene rings is 2. The van der Waals surface area contributed by atoms with Gasteiger partial charge in [0, 0.05) is 5.57 Å². The van der Waals surface area contributed by atoms with E-state index in [0.29, 0.717) is 11.1 Å². The highest BCUT2D eigenvalue weighted by atomic mass is 16.6. The number of allylic oxidation sites excluding steroid dienone is 1. The number of hydrogen-bond acceptors (Lipinski definition) is 4. The quantitative estimate of drug-likeness (QED) is 0.519. The molecule has 2 aromatic carbocycles. The molecule has 0 aliphatic heterocycles. The van der Waals surface area contributed by atoms with E-state index in [4.69, 9.17) is 5.26 Å².